The molecule has 0 unspecified atom stereocenters. The number of hydrogen-bond acceptors (Lipinski definition) is 4. The molecule has 0 aliphatic heterocycles. The van der Waals surface area contributed by atoms with E-state index in [2.05, 4.69) is 20.8 Å². The van der Waals surface area contributed by atoms with E-state index in [0.29, 0.717) is 18.1 Å². The van der Waals surface area contributed by atoms with Crippen LogP contribution in [0.1, 0.15) is 17.0 Å². The first kappa shape index (κ1) is 12.1. The number of aryl methyl sites for hydroxylation is 2. The molecule has 2 amide bonds. The summed E-state index contributed by atoms with van der Waals surface area (Å²) in [6.07, 6.45) is 1.73. The fourth-order valence-corrected chi connectivity index (χ4v) is 1.37. The van der Waals surface area contributed by atoms with Crippen molar-refractivity contribution < 1.29 is 9.32 Å². The minimum atomic E-state index is -0.330. The monoisotopic (exact) mass is 246 g/mol. The van der Waals surface area contributed by atoms with E-state index >= 15 is 0 Å². The van der Waals surface area contributed by atoms with Crippen LogP contribution in [0.3, 0.4) is 0 Å². The molecule has 94 valence electrons. The van der Waals surface area contributed by atoms with Gasteiger partial charge in [-0.2, -0.15) is 0 Å². The van der Waals surface area contributed by atoms with Gasteiger partial charge in [0, 0.05) is 24.5 Å². The molecule has 2 heterocycles. The van der Waals surface area contributed by atoms with Crippen molar-refractivity contribution in [1.29, 1.82) is 0 Å². The van der Waals surface area contributed by atoms with Crippen LogP contribution in [0, 0.1) is 13.8 Å². The smallest absolute Gasteiger partial charge is 0.320 e. The van der Waals surface area contributed by atoms with Crippen LogP contribution in [0.15, 0.2) is 28.9 Å². The fraction of sp³-hybridized carbons (Fsp3) is 0.250. The van der Waals surface area contributed by atoms with Crippen LogP contribution in [0.4, 0.5) is 10.6 Å². The van der Waals surface area contributed by atoms with Crippen LogP contribution < -0.4 is 10.6 Å². The zero-order chi connectivity index (χ0) is 13.0. The van der Waals surface area contributed by atoms with Crippen LogP contribution >= 0.6 is 0 Å². The molecule has 2 aromatic heterocycles. The van der Waals surface area contributed by atoms with E-state index in [-0.39, 0.29) is 6.03 Å². The van der Waals surface area contributed by atoms with Crippen LogP contribution in [0.25, 0.3) is 0 Å². The molecule has 0 bridgehead atoms. The topological polar surface area (TPSA) is 80.0 Å². The molecule has 18 heavy (non-hydrogen) atoms. The molecule has 0 radical (unpaired) electrons. The summed E-state index contributed by atoms with van der Waals surface area (Å²) in [5.74, 6) is 1.04. The predicted molar refractivity (Wildman–Crippen MR) is 66.1 cm³/mol. The van der Waals surface area contributed by atoms with Crippen molar-refractivity contribution in [3.05, 3.63) is 41.4 Å². The van der Waals surface area contributed by atoms with E-state index in [4.69, 9.17) is 4.52 Å². The van der Waals surface area contributed by atoms with Crippen molar-refractivity contribution in [2.45, 2.75) is 20.4 Å². The molecule has 0 aromatic carbocycles. The van der Waals surface area contributed by atoms with Crippen molar-refractivity contribution in [2.24, 2.45) is 0 Å². The van der Waals surface area contributed by atoms with Crippen molar-refractivity contribution in [3.8, 4) is 0 Å². The SMILES string of the molecule is Cc1ccc(CNC(=O)Nc2cc(C)on2)cn1. The van der Waals surface area contributed by atoms with Gasteiger partial charge in [0.05, 0.1) is 0 Å². The van der Waals surface area contributed by atoms with Crippen LogP contribution in [0.5, 0.6) is 0 Å². The third-order valence-electron chi connectivity index (χ3n) is 2.30. The number of nitrogens with one attached hydrogen (secondary N) is 2. The summed E-state index contributed by atoms with van der Waals surface area (Å²) in [6, 6.07) is 5.13. The molecule has 2 rings (SSSR count). The van der Waals surface area contributed by atoms with Crippen LogP contribution in [-0.4, -0.2) is 16.2 Å². The van der Waals surface area contributed by atoms with Gasteiger partial charge in [0.25, 0.3) is 0 Å². The van der Waals surface area contributed by atoms with Crippen molar-refractivity contribution in [2.75, 3.05) is 5.32 Å². The van der Waals surface area contributed by atoms with Gasteiger partial charge in [-0.05, 0) is 25.5 Å². The second kappa shape index (κ2) is 5.31. The second-order valence-electron chi connectivity index (χ2n) is 3.94. The summed E-state index contributed by atoms with van der Waals surface area (Å²) < 4.78 is 4.84. The number of pyridine rings is 1. The zero-order valence-corrected chi connectivity index (χ0v) is 10.2. The van der Waals surface area contributed by atoms with Gasteiger partial charge in [0.2, 0.25) is 0 Å². The Morgan fingerprint density at radius 2 is 2.22 bits per heavy atom. The molecule has 0 saturated carbocycles. The van der Waals surface area contributed by atoms with E-state index in [1.54, 1.807) is 19.2 Å². The number of urea groups is 1. The lowest BCUT2D eigenvalue weighted by molar-refractivity contribution is 0.251. The Kier molecular flexibility index (Phi) is 3.57. The quantitative estimate of drug-likeness (QED) is 0.868. The largest absolute Gasteiger partial charge is 0.360 e. The molecule has 6 nitrogen and oxygen atoms in total. The highest BCUT2D eigenvalue weighted by Crippen LogP contribution is 2.06. The first-order valence-electron chi connectivity index (χ1n) is 5.53. The minimum Gasteiger partial charge on any atom is -0.360 e. The van der Waals surface area contributed by atoms with Gasteiger partial charge < -0.3 is 9.84 Å². The number of rotatable bonds is 3. The van der Waals surface area contributed by atoms with Crippen molar-refractivity contribution in [3.63, 3.8) is 0 Å². The molecule has 2 N–H and O–H groups in total. The van der Waals surface area contributed by atoms with E-state index < -0.39 is 0 Å². The summed E-state index contributed by atoms with van der Waals surface area (Å²) >= 11 is 0. The molecule has 2 aromatic rings. The Hall–Kier alpha value is -2.37. The molecule has 0 aliphatic carbocycles. The molecular weight excluding hydrogens is 232 g/mol. The van der Waals surface area contributed by atoms with Gasteiger partial charge in [-0.1, -0.05) is 11.2 Å². The van der Waals surface area contributed by atoms with E-state index in [0.717, 1.165) is 11.3 Å². The number of amides is 2. The Morgan fingerprint density at radius 3 is 2.83 bits per heavy atom. The van der Waals surface area contributed by atoms with Gasteiger partial charge in [-0.3, -0.25) is 10.3 Å². The third kappa shape index (κ3) is 3.31. The Balaban J connectivity index is 1.83. The lowest BCUT2D eigenvalue weighted by atomic mass is 10.2. The molecular formula is C12H14N4O2. The third-order valence-corrected chi connectivity index (χ3v) is 2.30. The number of carbonyl (C=O) groups is 1. The molecule has 0 fully saturated rings. The molecule has 0 spiro atoms. The Morgan fingerprint density at radius 1 is 1.39 bits per heavy atom. The maximum atomic E-state index is 11.5. The highest BCUT2D eigenvalue weighted by atomic mass is 16.5. The van der Waals surface area contributed by atoms with Crippen LogP contribution in [-0.2, 0) is 6.54 Å². The minimum absolute atomic E-state index is 0.330. The van der Waals surface area contributed by atoms with E-state index in [9.17, 15) is 4.79 Å². The Labute approximate surface area is 104 Å². The summed E-state index contributed by atoms with van der Waals surface area (Å²) in [4.78, 5) is 15.7. The van der Waals surface area contributed by atoms with Crippen molar-refractivity contribution in [1.82, 2.24) is 15.5 Å². The highest BCUT2D eigenvalue weighted by Gasteiger charge is 2.05. The van der Waals surface area contributed by atoms with Gasteiger partial charge in [0.1, 0.15) is 5.76 Å². The first-order valence-corrected chi connectivity index (χ1v) is 5.53. The lowest BCUT2D eigenvalue weighted by Gasteiger charge is -2.05. The molecule has 0 saturated heterocycles. The summed E-state index contributed by atoms with van der Waals surface area (Å²) in [7, 11) is 0. The summed E-state index contributed by atoms with van der Waals surface area (Å²) in [5, 5.41) is 8.94. The lowest BCUT2D eigenvalue weighted by Crippen LogP contribution is -2.28. The van der Waals surface area contributed by atoms with Crippen molar-refractivity contribution >= 4 is 11.8 Å². The molecule has 6 heteroatoms. The molecule has 0 atom stereocenters. The number of anilines is 1. The maximum Gasteiger partial charge on any atom is 0.320 e. The normalized spacial score (nSPS) is 10.1. The van der Waals surface area contributed by atoms with Crippen LogP contribution in [0.2, 0.25) is 0 Å². The second-order valence-corrected chi connectivity index (χ2v) is 3.94. The number of aromatic nitrogens is 2. The average molecular weight is 246 g/mol. The van der Waals surface area contributed by atoms with Gasteiger partial charge in [0.15, 0.2) is 5.82 Å². The van der Waals surface area contributed by atoms with E-state index in [1.165, 1.54) is 0 Å². The average Bonchev–Trinajstić information content (AvgIpc) is 2.74. The number of hydrogen-bond donors (Lipinski definition) is 2. The van der Waals surface area contributed by atoms with Gasteiger partial charge in [-0.15, -0.1) is 0 Å². The first-order chi connectivity index (χ1) is 8.63. The fourth-order valence-electron chi connectivity index (χ4n) is 1.37. The highest BCUT2D eigenvalue weighted by molar-refractivity contribution is 5.88. The maximum absolute atomic E-state index is 11.5. The van der Waals surface area contributed by atoms with E-state index in [1.807, 2.05) is 19.1 Å². The number of nitrogens with zero attached hydrogens (tertiary/aromatic N) is 2. The summed E-state index contributed by atoms with van der Waals surface area (Å²) in [5.41, 5.74) is 1.88. The summed E-state index contributed by atoms with van der Waals surface area (Å²) in [6.45, 7) is 4.08. The zero-order valence-electron chi connectivity index (χ0n) is 10.2. The van der Waals surface area contributed by atoms with Gasteiger partial charge in [-0.25, -0.2) is 4.79 Å². The number of carbonyl (C=O) groups excluding carboxylic acids is 1. The predicted octanol–water partition coefficient (Wildman–Crippen LogP) is 2.01. The standard InChI is InChI=1S/C12H14N4O2/c1-8-3-4-10(6-13-8)7-14-12(17)15-11-5-9(2)18-16-11/h3-6H,7H2,1-2H3,(H2,14,15,16,17). The Bertz CT molecular complexity index is 533. The van der Waals surface area contributed by atoms with Gasteiger partial charge >= 0.3 is 6.03 Å². The molecule has 0 aliphatic rings.